The Balaban J connectivity index is 1.45. The van der Waals surface area contributed by atoms with Gasteiger partial charge in [0.25, 0.3) is 0 Å². The summed E-state index contributed by atoms with van der Waals surface area (Å²) in [7, 11) is 0. The maximum atomic E-state index is 11.8. The monoisotopic (exact) mass is 223 g/mol. The summed E-state index contributed by atoms with van der Waals surface area (Å²) in [6, 6.07) is 1.23. The zero-order valence-corrected chi connectivity index (χ0v) is 9.74. The lowest BCUT2D eigenvalue weighted by Gasteiger charge is -2.32. The van der Waals surface area contributed by atoms with Crippen LogP contribution in [0.4, 0.5) is 0 Å². The number of hydrogen-bond acceptors (Lipinski definition) is 3. The van der Waals surface area contributed by atoms with Gasteiger partial charge in [-0.2, -0.15) is 0 Å². The van der Waals surface area contributed by atoms with Gasteiger partial charge in [0.1, 0.15) is 0 Å². The average molecular weight is 223 g/mol. The third-order valence-electron chi connectivity index (χ3n) is 4.17. The van der Waals surface area contributed by atoms with Gasteiger partial charge < -0.3 is 16.0 Å². The van der Waals surface area contributed by atoms with E-state index in [4.69, 9.17) is 5.73 Å². The highest BCUT2D eigenvalue weighted by Gasteiger charge is 2.46. The molecule has 3 fully saturated rings. The molecule has 4 nitrogen and oxygen atoms in total. The molecule has 16 heavy (non-hydrogen) atoms. The molecule has 0 aromatic heterocycles. The van der Waals surface area contributed by atoms with Gasteiger partial charge in [0, 0.05) is 25.2 Å². The fraction of sp³-hybridized carbons (Fsp3) is 0.917. The van der Waals surface area contributed by atoms with E-state index in [1.807, 2.05) is 0 Å². The Morgan fingerprint density at radius 3 is 2.31 bits per heavy atom. The molecule has 0 atom stereocenters. The summed E-state index contributed by atoms with van der Waals surface area (Å²) in [5, 5.41) is 3.11. The molecule has 1 saturated heterocycles. The number of hydrogen-bond donors (Lipinski definition) is 2. The van der Waals surface area contributed by atoms with Crippen molar-refractivity contribution in [3.05, 3.63) is 0 Å². The second-order valence-corrected chi connectivity index (χ2v) is 5.67. The Hall–Kier alpha value is -0.610. The van der Waals surface area contributed by atoms with Crippen molar-refractivity contribution >= 4 is 5.91 Å². The first-order valence-corrected chi connectivity index (χ1v) is 6.51. The summed E-state index contributed by atoms with van der Waals surface area (Å²) in [6.07, 6.45) is 6.67. The topological polar surface area (TPSA) is 58.4 Å². The van der Waals surface area contributed by atoms with E-state index >= 15 is 0 Å². The highest BCUT2D eigenvalue weighted by Crippen LogP contribution is 2.33. The maximum Gasteiger partial charge on any atom is 0.240 e. The van der Waals surface area contributed by atoms with E-state index in [2.05, 4.69) is 10.2 Å². The molecule has 0 bridgehead atoms. The minimum Gasteiger partial charge on any atom is -0.352 e. The number of carbonyl (C=O) groups excluding carboxylic acids is 1. The largest absolute Gasteiger partial charge is 0.352 e. The summed E-state index contributed by atoms with van der Waals surface area (Å²) in [6.45, 7) is 2.29. The number of amides is 1. The second-order valence-electron chi connectivity index (χ2n) is 5.67. The van der Waals surface area contributed by atoms with Crippen LogP contribution in [0.25, 0.3) is 0 Å². The molecular weight excluding hydrogens is 202 g/mol. The molecule has 3 N–H and O–H groups in total. The fourth-order valence-electron chi connectivity index (χ4n) is 2.54. The van der Waals surface area contributed by atoms with E-state index in [-0.39, 0.29) is 5.91 Å². The Morgan fingerprint density at radius 2 is 1.81 bits per heavy atom. The second kappa shape index (κ2) is 3.70. The molecule has 2 saturated carbocycles. The maximum absolute atomic E-state index is 11.8. The molecule has 4 heteroatoms. The van der Waals surface area contributed by atoms with Crippen LogP contribution < -0.4 is 11.1 Å². The molecule has 2 aliphatic carbocycles. The van der Waals surface area contributed by atoms with E-state index in [0.717, 1.165) is 44.8 Å². The van der Waals surface area contributed by atoms with Gasteiger partial charge >= 0.3 is 0 Å². The van der Waals surface area contributed by atoms with E-state index < -0.39 is 5.54 Å². The molecule has 0 aromatic rings. The van der Waals surface area contributed by atoms with Gasteiger partial charge in [-0.3, -0.25) is 4.79 Å². The molecule has 0 unspecified atom stereocenters. The van der Waals surface area contributed by atoms with Crippen LogP contribution in [0.5, 0.6) is 0 Å². The molecule has 0 spiro atoms. The average Bonchev–Trinajstić information content (AvgIpc) is 3.13. The van der Waals surface area contributed by atoms with Crippen LogP contribution in [0.15, 0.2) is 0 Å². The first-order chi connectivity index (χ1) is 7.67. The number of nitrogens with zero attached hydrogens (tertiary/aromatic N) is 1. The molecule has 0 aromatic carbocycles. The van der Waals surface area contributed by atoms with Crippen molar-refractivity contribution in [2.45, 2.75) is 56.1 Å². The molecule has 1 amide bonds. The number of piperidine rings is 1. The standard InChI is InChI=1S/C12H21N3O/c13-12(5-6-12)11(16)14-9-3-7-15(8-4-9)10-1-2-10/h9-10H,1-8,13H2,(H,14,16). The fourth-order valence-corrected chi connectivity index (χ4v) is 2.54. The van der Waals surface area contributed by atoms with Crippen LogP contribution in [0.1, 0.15) is 38.5 Å². The van der Waals surface area contributed by atoms with Gasteiger partial charge in [0.2, 0.25) is 5.91 Å². The van der Waals surface area contributed by atoms with Gasteiger partial charge in [-0.1, -0.05) is 0 Å². The van der Waals surface area contributed by atoms with Crippen LogP contribution >= 0.6 is 0 Å². The zero-order chi connectivity index (χ0) is 11.2. The Kier molecular flexibility index (Phi) is 2.44. The molecular formula is C12H21N3O. The Labute approximate surface area is 96.5 Å². The molecule has 3 rings (SSSR count). The third-order valence-corrected chi connectivity index (χ3v) is 4.17. The number of carbonyl (C=O) groups is 1. The van der Waals surface area contributed by atoms with Crippen molar-refractivity contribution in [1.82, 2.24) is 10.2 Å². The van der Waals surface area contributed by atoms with Gasteiger partial charge in [0.05, 0.1) is 5.54 Å². The lowest BCUT2D eigenvalue weighted by molar-refractivity contribution is -0.124. The number of rotatable bonds is 3. The smallest absolute Gasteiger partial charge is 0.240 e. The van der Waals surface area contributed by atoms with Gasteiger partial charge in [0.15, 0.2) is 0 Å². The SMILES string of the molecule is NC1(C(=O)NC2CCN(C3CC3)CC2)CC1. The Bertz CT molecular complexity index is 289. The van der Waals surface area contributed by atoms with Crippen molar-refractivity contribution in [3.8, 4) is 0 Å². The van der Waals surface area contributed by atoms with Crippen LogP contribution in [0.3, 0.4) is 0 Å². The van der Waals surface area contributed by atoms with Gasteiger partial charge in [-0.15, -0.1) is 0 Å². The van der Waals surface area contributed by atoms with E-state index in [9.17, 15) is 4.79 Å². The quantitative estimate of drug-likeness (QED) is 0.719. The zero-order valence-electron chi connectivity index (χ0n) is 9.74. The summed E-state index contributed by atoms with van der Waals surface area (Å²) in [5.74, 6) is 0.0809. The third kappa shape index (κ3) is 2.09. The molecule has 1 aliphatic heterocycles. The van der Waals surface area contributed by atoms with Crippen molar-refractivity contribution in [2.24, 2.45) is 5.73 Å². The first-order valence-electron chi connectivity index (χ1n) is 6.51. The lowest BCUT2D eigenvalue weighted by Crippen LogP contribution is -2.51. The van der Waals surface area contributed by atoms with Crippen molar-refractivity contribution in [1.29, 1.82) is 0 Å². The van der Waals surface area contributed by atoms with Crippen LogP contribution in [-0.4, -0.2) is 41.5 Å². The molecule has 1 heterocycles. The minimum absolute atomic E-state index is 0.0809. The molecule has 0 radical (unpaired) electrons. The molecule has 3 aliphatic rings. The lowest BCUT2D eigenvalue weighted by atomic mass is 10.0. The minimum atomic E-state index is -0.506. The van der Waals surface area contributed by atoms with Crippen molar-refractivity contribution in [3.63, 3.8) is 0 Å². The number of nitrogens with one attached hydrogen (secondary N) is 1. The van der Waals surface area contributed by atoms with E-state index in [0.29, 0.717) is 6.04 Å². The van der Waals surface area contributed by atoms with Crippen LogP contribution in [0, 0.1) is 0 Å². The summed E-state index contributed by atoms with van der Waals surface area (Å²) in [4.78, 5) is 14.3. The van der Waals surface area contributed by atoms with Crippen LogP contribution in [-0.2, 0) is 4.79 Å². The normalized spacial score (nSPS) is 30.1. The Morgan fingerprint density at radius 1 is 1.19 bits per heavy atom. The van der Waals surface area contributed by atoms with Gasteiger partial charge in [-0.25, -0.2) is 0 Å². The summed E-state index contributed by atoms with van der Waals surface area (Å²) < 4.78 is 0. The first kappa shape index (κ1) is 10.5. The van der Waals surface area contributed by atoms with Crippen molar-refractivity contribution in [2.75, 3.05) is 13.1 Å². The summed E-state index contributed by atoms with van der Waals surface area (Å²) >= 11 is 0. The highest BCUT2D eigenvalue weighted by molar-refractivity contribution is 5.89. The predicted octanol–water partition coefficient (Wildman–Crippen LogP) is 0.221. The number of likely N-dealkylation sites (tertiary alicyclic amines) is 1. The van der Waals surface area contributed by atoms with Crippen molar-refractivity contribution < 1.29 is 4.79 Å². The predicted molar refractivity (Wildman–Crippen MR) is 61.9 cm³/mol. The van der Waals surface area contributed by atoms with Crippen LogP contribution in [0.2, 0.25) is 0 Å². The van der Waals surface area contributed by atoms with E-state index in [1.54, 1.807) is 0 Å². The highest BCUT2D eigenvalue weighted by atomic mass is 16.2. The molecule has 90 valence electrons. The number of nitrogens with two attached hydrogens (primary N) is 1. The summed E-state index contributed by atoms with van der Waals surface area (Å²) in [5.41, 5.74) is 5.36. The van der Waals surface area contributed by atoms with Gasteiger partial charge in [-0.05, 0) is 38.5 Å². The van der Waals surface area contributed by atoms with E-state index in [1.165, 1.54) is 12.8 Å².